The van der Waals surface area contributed by atoms with Crippen LogP contribution < -0.4 is 0 Å². The number of Topliss-reactive ketones (excluding diaryl/α,β-unsaturated/α-hetero) is 1. The summed E-state index contributed by atoms with van der Waals surface area (Å²) in [6, 6.07) is 2.41. The molecule has 0 unspecified atom stereocenters. The van der Waals surface area contributed by atoms with Gasteiger partial charge >= 0.3 is 0 Å². The summed E-state index contributed by atoms with van der Waals surface area (Å²) in [5, 5.41) is -0.266. The molecule has 1 aromatic rings. The lowest BCUT2D eigenvalue weighted by molar-refractivity contribution is 0.101. The van der Waals surface area contributed by atoms with Crippen molar-refractivity contribution in [2.45, 2.75) is 6.92 Å². The van der Waals surface area contributed by atoms with E-state index in [0.29, 0.717) is 0 Å². The van der Waals surface area contributed by atoms with Gasteiger partial charge in [-0.1, -0.05) is 11.6 Å². The molecule has 0 spiro atoms. The van der Waals surface area contributed by atoms with Crippen molar-refractivity contribution in [3.8, 4) is 0 Å². The Balaban J connectivity index is 3.15. The molecule has 0 bridgehead atoms. The first-order valence-corrected chi connectivity index (χ1v) is 3.32. The van der Waals surface area contributed by atoms with Crippen LogP contribution in [0.25, 0.3) is 0 Å². The van der Waals surface area contributed by atoms with Crippen molar-refractivity contribution in [1.82, 2.24) is 4.98 Å². The summed E-state index contributed by atoms with van der Waals surface area (Å²) >= 11 is 5.32. The average molecular weight is 174 g/mol. The molecule has 0 aliphatic carbocycles. The molecule has 0 saturated carbocycles. The molecule has 4 heteroatoms. The number of halogens is 2. The van der Waals surface area contributed by atoms with Gasteiger partial charge in [0, 0.05) is 6.92 Å². The molecule has 1 rings (SSSR count). The number of rotatable bonds is 1. The Kier molecular flexibility index (Phi) is 2.19. The highest BCUT2D eigenvalue weighted by atomic mass is 35.5. The Morgan fingerprint density at radius 2 is 2.27 bits per heavy atom. The molecule has 0 amide bonds. The van der Waals surface area contributed by atoms with Crippen LogP contribution in [-0.4, -0.2) is 10.8 Å². The van der Waals surface area contributed by atoms with E-state index in [1.54, 1.807) is 0 Å². The van der Waals surface area contributed by atoms with Crippen molar-refractivity contribution in [3.05, 3.63) is 28.8 Å². The molecule has 58 valence electrons. The second-order valence-electron chi connectivity index (χ2n) is 2.03. The Hall–Kier alpha value is -0.960. The summed E-state index contributed by atoms with van der Waals surface area (Å²) in [5.74, 6) is -0.844. The van der Waals surface area contributed by atoms with Crippen LogP contribution in [0.5, 0.6) is 0 Å². The van der Waals surface area contributed by atoms with Crippen LogP contribution in [0, 0.1) is 5.82 Å². The zero-order valence-corrected chi connectivity index (χ0v) is 6.52. The summed E-state index contributed by atoms with van der Waals surface area (Å²) in [4.78, 5) is 14.2. The van der Waals surface area contributed by atoms with Gasteiger partial charge in [0.1, 0.15) is 5.69 Å². The van der Waals surface area contributed by atoms with Crippen LogP contribution in [0.1, 0.15) is 17.4 Å². The van der Waals surface area contributed by atoms with E-state index in [2.05, 4.69) is 4.98 Å². The van der Waals surface area contributed by atoms with Crippen LogP contribution >= 0.6 is 11.6 Å². The lowest BCUT2D eigenvalue weighted by atomic mass is 10.3. The van der Waals surface area contributed by atoms with Crippen molar-refractivity contribution in [3.63, 3.8) is 0 Å². The number of carbonyl (C=O) groups is 1. The molecule has 2 nitrogen and oxygen atoms in total. The maximum Gasteiger partial charge on any atom is 0.178 e. The predicted octanol–water partition coefficient (Wildman–Crippen LogP) is 2.08. The van der Waals surface area contributed by atoms with Crippen LogP contribution in [0.15, 0.2) is 12.1 Å². The zero-order chi connectivity index (χ0) is 8.43. The number of pyridine rings is 1. The summed E-state index contributed by atoms with van der Waals surface area (Å²) in [5.41, 5.74) is 0.177. The van der Waals surface area contributed by atoms with E-state index < -0.39 is 5.82 Å². The normalized spacial score (nSPS) is 9.73. The third kappa shape index (κ3) is 1.74. The van der Waals surface area contributed by atoms with Gasteiger partial charge in [0.2, 0.25) is 0 Å². The molecule has 0 aliphatic heterocycles. The molecule has 11 heavy (non-hydrogen) atoms. The molecular weight excluding hydrogens is 169 g/mol. The fourth-order valence-corrected chi connectivity index (χ4v) is 0.767. The van der Waals surface area contributed by atoms with E-state index in [1.165, 1.54) is 13.0 Å². The number of hydrogen-bond acceptors (Lipinski definition) is 2. The zero-order valence-electron chi connectivity index (χ0n) is 5.77. The van der Waals surface area contributed by atoms with E-state index in [-0.39, 0.29) is 16.6 Å². The highest BCUT2D eigenvalue weighted by Crippen LogP contribution is 2.11. The van der Waals surface area contributed by atoms with Gasteiger partial charge in [-0.15, -0.1) is 0 Å². The predicted molar refractivity (Wildman–Crippen MR) is 39.2 cm³/mol. The minimum atomic E-state index is -0.614. The Bertz CT molecular complexity index is 300. The van der Waals surface area contributed by atoms with Gasteiger partial charge in [0.05, 0.1) is 0 Å². The minimum Gasteiger partial charge on any atom is -0.293 e. The van der Waals surface area contributed by atoms with Crippen molar-refractivity contribution < 1.29 is 9.18 Å². The molecule has 0 saturated heterocycles. The van der Waals surface area contributed by atoms with Gasteiger partial charge < -0.3 is 0 Å². The van der Waals surface area contributed by atoms with Gasteiger partial charge in [0.15, 0.2) is 16.8 Å². The summed E-state index contributed by atoms with van der Waals surface area (Å²) in [6.45, 7) is 1.34. The lowest BCUT2D eigenvalue weighted by Gasteiger charge is -1.95. The standard InChI is InChI=1S/C7H5ClFNO/c1-4(11)6-3-2-5(9)7(8)10-6/h2-3H,1H3. The largest absolute Gasteiger partial charge is 0.293 e. The SMILES string of the molecule is CC(=O)c1ccc(F)c(Cl)n1. The van der Waals surface area contributed by atoms with E-state index in [0.717, 1.165) is 6.07 Å². The first kappa shape index (κ1) is 8.14. The van der Waals surface area contributed by atoms with E-state index in [4.69, 9.17) is 11.6 Å². The fourth-order valence-electron chi connectivity index (χ4n) is 0.613. The summed E-state index contributed by atoms with van der Waals surface area (Å²) < 4.78 is 12.5. The van der Waals surface area contributed by atoms with Crippen LogP contribution in [0.2, 0.25) is 5.15 Å². The molecule has 0 fully saturated rings. The van der Waals surface area contributed by atoms with Crippen molar-refractivity contribution in [2.24, 2.45) is 0 Å². The summed E-state index contributed by atoms with van der Waals surface area (Å²) in [7, 11) is 0. The monoisotopic (exact) mass is 173 g/mol. The third-order valence-corrected chi connectivity index (χ3v) is 1.43. The van der Waals surface area contributed by atoms with Crippen LogP contribution in [0.4, 0.5) is 4.39 Å². The molecule has 1 heterocycles. The minimum absolute atomic E-state index is 0.177. The topological polar surface area (TPSA) is 30.0 Å². The molecule has 0 N–H and O–H groups in total. The molecule has 0 aliphatic rings. The highest BCUT2D eigenvalue weighted by molar-refractivity contribution is 6.29. The maximum atomic E-state index is 12.5. The number of hydrogen-bond donors (Lipinski definition) is 0. The van der Waals surface area contributed by atoms with E-state index >= 15 is 0 Å². The Morgan fingerprint density at radius 3 is 2.73 bits per heavy atom. The van der Waals surface area contributed by atoms with Gasteiger partial charge in [0.25, 0.3) is 0 Å². The smallest absolute Gasteiger partial charge is 0.178 e. The van der Waals surface area contributed by atoms with Crippen molar-refractivity contribution in [1.29, 1.82) is 0 Å². The first-order valence-electron chi connectivity index (χ1n) is 2.94. The quantitative estimate of drug-likeness (QED) is 0.481. The Labute approximate surface area is 68.0 Å². The van der Waals surface area contributed by atoms with Crippen molar-refractivity contribution >= 4 is 17.4 Å². The molecule has 0 radical (unpaired) electrons. The highest BCUT2D eigenvalue weighted by Gasteiger charge is 2.04. The van der Waals surface area contributed by atoms with Gasteiger partial charge in [-0.25, -0.2) is 9.37 Å². The van der Waals surface area contributed by atoms with Crippen molar-refractivity contribution in [2.75, 3.05) is 0 Å². The van der Waals surface area contributed by atoms with Gasteiger partial charge in [-0.3, -0.25) is 4.79 Å². The maximum absolute atomic E-state index is 12.5. The number of carbonyl (C=O) groups excluding carboxylic acids is 1. The molecule has 1 aromatic heterocycles. The number of aromatic nitrogens is 1. The fraction of sp³-hybridized carbons (Fsp3) is 0.143. The first-order chi connectivity index (χ1) is 5.11. The van der Waals surface area contributed by atoms with E-state index in [9.17, 15) is 9.18 Å². The van der Waals surface area contributed by atoms with E-state index in [1.807, 2.05) is 0 Å². The average Bonchev–Trinajstić information content (AvgIpc) is 1.94. The second-order valence-corrected chi connectivity index (χ2v) is 2.38. The molecular formula is C7H5ClFNO. The van der Waals surface area contributed by atoms with Gasteiger partial charge in [-0.05, 0) is 12.1 Å². The molecule has 0 atom stereocenters. The third-order valence-electron chi connectivity index (χ3n) is 1.16. The Morgan fingerprint density at radius 1 is 1.64 bits per heavy atom. The van der Waals surface area contributed by atoms with Crippen LogP contribution in [-0.2, 0) is 0 Å². The van der Waals surface area contributed by atoms with Crippen LogP contribution in [0.3, 0.4) is 0 Å². The number of nitrogens with zero attached hydrogens (tertiary/aromatic N) is 1. The second kappa shape index (κ2) is 2.96. The molecule has 0 aromatic carbocycles. The summed E-state index contributed by atoms with van der Waals surface area (Å²) in [6.07, 6.45) is 0. The van der Waals surface area contributed by atoms with Gasteiger partial charge in [-0.2, -0.15) is 0 Å². The lowest BCUT2D eigenvalue weighted by Crippen LogP contribution is -1.97. The number of ketones is 1.